The third-order valence-electron chi connectivity index (χ3n) is 2.87. The number of nitro groups is 1. The van der Waals surface area contributed by atoms with Crippen LogP contribution in [0, 0.1) is 22.5 Å². The number of aliphatic carboxylic acids is 1. The lowest BCUT2D eigenvalue weighted by molar-refractivity contribution is -0.383. The van der Waals surface area contributed by atoms with Gasteiger partial charge in [0, 0.05) is 23.3 Å². The molecule has 0 saturated heterocycles. The number of terminal acetylenes is 1. The standard InChI is InChI=1S/C14H11N3O4/c1-2-8-16(9-13(18)19)11-5-6-12(17(20)21)14-10(11)4-3-7-15-14/h1,3-7H,8-9H2,(H,18,19). The van der Waals surface area contributed by atoms with Crippen LogP contribution in [0.25, 0.3) is 10.9 Å². The molecule has 1 aromatic heterocycles. The van der Waals surface area contributed by atoms with Crippen LogP contribution in [0.4, 0.5) is 11.4 Å². The van der Waals surface area contributed by atoms with Gasteiger partial charge in [-0.25, -0.2) is 4.98 Å². The first kappa shape index (κ1) is 14.3. The Labute approximate surface area is 120 Å². The number of nitrogens with zero attached hydrogens (tertiary/aromatic N) is 3. The number of aromatic nitrogens is 1. The summed E-state index contributed by atoms with van der Waals surface area (Å²) in [6.45, 7) is -0.222. The third-order valence-corrected chi connectivity index (χ3v) is 2.87. The predicted octanol–water partition coefficient (Wildman–Crippen LogP) is 1.67. The molecule has 0 radical (unpaired) electrons. The second kappa shape index (κ2) is 5.88. The van der Waals surface area contributed by atoms with Crippen molar-refractivity contribution >= 4 is 28.2 Å². The van der Waals surface area contributed by atoms with Crippen molar-refractivity contribution in [1.82, 2.24) is 4.98 Å². The van der Waals surface area contributed by atoms with Crippen LogP contribution in [0.1, 0.15) is 0 Å². The Bertz CT molecular complexity index is 751. The van der Waals surface area contributed by atoms with Crippen molar-refractivity contribution < 1.29 is 14.8 Å². The summed E-state index contributed by atoms with van der Waals surface area (Å²) in [5, 5.41) is 20.5. The summed E-state index contributed by atoms with van der Waals surface area (Å²) in [6, 6.07) is 6.07. The lowest BCUT2D eigenvalue weighted by Gasteiger charge is -2.21. The fourth-order valence-corrected chi connectivity index (χ4v) is 2.07. The van der Waals surface area contributed by atoms with Crippen LogP contribution in [0.3, 0.4) is 0 Å². The molecule has 2 aromatic rings. The van der Waals surface area contributed by atoms with Crippen LogP contribution in [0.15, 0.2) is 30.5 Å². The molecule has 0 fully saturated rings. The molecule has 0 aliphatic carbocycles. The molecular weight excluding hydrogens is 274 g/mol. The maximum atomic E-state index is 11.0. The highest BCUT2D eigenvalue weighted by Crippen LogP contribution is 2.31. The minimum Gasteiger partial charge on any atom is -0.480 e. The van der Waals surface area contributed by atoms with E-state index in [1.807, 2.05) is 0 Å². The average molecular weight is 285 g/mol. The summed E-state index contributed by atoms with van der Waals surface area (Å²) in [6.07, 6.45) is 6.70. The van der Waals surface area contributed by atoms with Gasteiger partial charge in [-0.1, -0.05) is 5.92 Å². The van der Waals surface area contributed by atoms with E-state index in [2.05, 4.69) is 10.9 Å². The zero-order chi connectivity index (χ0) is 15.4. The van der Waals surface area contributed by atoms with Crippen molar-refractivity contribution in [2.45, 2.75) is 0 Å². The topological polar surface area (TPSA) is 96.6 Å². The Morgan fingerprint density at radius 1 is 1.48 bits per heavy atom. The van der Waals surface area contributed by atoms with Gasteiger partial charge in [0.25, 0.3) is 5.69 Å². The van der Waals surface area contributed by atoms with Gasteiger partial charge in [-0.15, -0.1) is 6.42 Å². The molecule has 21 heavy (non-hydrogen) atoms. The van der Waals surface area contributed by atoms with Gasteiger partial charge in [0.1, 0.15) is 12.1 Å². The van der Waals surface area contributed by atoms with Crippen LogP contribution in [0.5, 0.6) is 0 Å². The van der Waals surface area contributed by atoms with Crippen LogP contribution in [0.2, 0.25) is 0 Å². The number of non-ortho nitro benzene ring substituents is 1. The normalized spacial score (nSPS) is 10.0. The summed E-state index contributed by atoms with van der Waals surface area (Å²) in [5.74, 6) is 1.34. The molecule has 7 heteroatoms. The van der Waals surface area contributed by atoms with Gasteiger partial charge in [-0.2, -0.15) is 0 Å². The Hall–Kier alpha value is -3.14. The number of carboxylic acid groups (broad SMARTS) is 1. The number of anilines is 1. The zero-order valence-corrected chi connectivity index (χ0v) is 10.9. The van der Waals surface area contributed by atoms with Gasteiger partial charge < -0.3 is 10.0 Å². The highest BCUT2D eigenvalue weighted by Gasteiger charge is 2.19. The maximum Gasteiger partial charge on any atom is 0.323 e. The van der Waals surface area contributed by atoms with Crippen molar-refractivity contribution in [3.05, 3.63) is 40.6 Å². The van der Waals surface area contributed by atoms with Crippen molar-refractivity contribution in [1.29, 1.82) is 0 Å². The second-order valence-corrected chi connectivity index (χ2v) is 4.21. The van der Waals surface area contributed by atoms with E-state index in [0.29, 0.717) is 11.1 Å². The molecule has 1 heterocycles. The predicted molar refractivity (Wildman–Crippen MR) is 77.1 cm³/mol. The third kappa shape index (κ3) is 2.90. The number of hydrogen-bond acceptors (Lipinski definition) is 5. The van der Waals surface area contributed by atoms with Gasteiger partial charge in [0.15, 0.2) is 0 Å². The van der Waals surface area contributed by atoms with Gasteiger partial charge in [-0.3, -0.25) is 14.9 Å². The SMILES string of the molecule is C#CCN(CC(=O)O)c1ccc([N+](=O)[O-])c2ncccc12. The number of hydrogen-bond donors (Lipinski definition) is 1. The van der Waals surface area contributed by atoms with Gasteiger partial charge >= 0.3 is 5.97 Å². The monoisotopic (exact) mass is 285 g/mol. The van der Waals surface area contributed by atoms with Gasteiger partial charge in [-0.05, 0) is 18.2 Å². The molecule has 106 valence electrons. The van der Waals surface area contributed by atoms with Crippen molar-refractivity contribution in [2.75, 3.05) is 18.0 Å². The van der Waals surface area contributed by atoms with Crippen LogP contribution in [-0.4, -0.2) is 34.1 Å². The summed E-state index contributed by atoms with van der Waals surface area (Å²) >= 11 is 0. The largest absolute Gasteiger partial charge is 0.480 e. The molecule has 2 rings (SSSR count). The molecule has 0 spiro atoms. The zero-order valence-electron chi connectivity index (χ0n) is 10.9. The van der Waals surface area contributed by atoms with Crippen LogP contribution in [-0.2, 0) is 4.79 Å². The lowest BCUT2D eigenvalue weighted by Crippen LogP contribution is -2.30. The van der Waals surface area contributed by atoms with E-state index >= 15 is 0 Å². The summed E-state index contributed by atoms with van der Waals surface area (Å²) < 4.78 is 0. The van der Waals surface area contributed by atoms with E-state index in [1.165, 1.54) is 23.2 Å². The molecule has 7 nitrogen and oxygen atoms in total. The molecule has 1 N–H and O–H groups in total. The molecule has 0 atom stereocenters. The number of nitro benzene ring substituents is 1. The smallest absolute Gasteiger partial charge is 0.323 e. The number of carbonyl (C=O) groups is 1. The molecule has 0 amide bonds. The molecule has 0 saturated carbocycles. The summed E-state index contributed by atoms with van der Waals surface area (Å²) in [5.41, 5.74) is 0.571. The Balaban J connectivity index is 2.64. The molecule has 0 bridgehead atoms. The van der Waals surface area contributed by atoms with Crippen LogP contribution >= 0.6 is 0 Å². The second-order valence-electron chi connectivity index (χ2n) is 4.21. The molecule has 0 unspecified atom stereocenters. The quantitative estimate of drug-likeness (QED) is 0.510. The van der Waals surface area contributed by atoms with Crippen molar-refractivity contribution in [2.24, 2.45) is 0 Å². The van der Waals surface area contributed by atoms with E-state index in [-0.39, 0.29) is 24.3 Å². The molecule has 0 aliphatic heterocycles. The lowest BCUT2D eigenvalue weighted by atomic mass is 10.1. The fraction of sp³-hybridized carbons (Fsp3) is 0.143. The molecule has 1 aromatic carbocycles. The number of benzene rings is 1. The fourth-order valence-electron chi connectivity index (χ4n) is 2.07. The van der Waals surface area contributed by atoms with Gasteiger partial charge in [0.2, 0.25) is 0 Å². The molecular formula is C14H11N3O4. The van der Waals surface area contributed by atoms with Crippen molar-refractivity contribution in [3.63, 3.8) is 0 Å². The first-order valence-corrected chi connectivity index (χ1v) is 5.97. The molecule has 0 aliphatic rings. The van der Waals surface area contributed by atoms with Crippen molar-refractivity contribution in [3.8, 4) is 12.3 Å². The first-order chi connectivity index (χ1) is 10.0. The number of pyridine rings is 1. The highest BCUT2D eigenvalue weighted by atomic mass is 16.6. The minimum absolute atomic E-state index is 0.0775. The Kier molecular flexibility index (Phi) is 4.00. The minimum atomic E-state index is -1.04. The Morgan fingerprint density at radius 2 is 2.24 bits per heavy atom. The average Bonchev–Trinajstić information content (AvgIpc) is 2.45. The highest BCUT2D eigenvalue weighted by molar-refractivity contribution is 5.98. The van der Waals surface area contributed by atoms with E-state index in [1.54, 1.807) is 12.1 Å². The number of rotatable bonds is 5. The number of fused-ring (bicyclic) bond motifs is 1. The maximum absolute atomic E-state index is 11.0. The summed E-state index contributed by atoms with van der Waals surface area (Å²) in [4.78, 5) is 26.9. The van der Waals surface area contributed by atoms with Gasteiger partial charge in [0.05, 0.1) is 11.5 Å². The van der Waals surface area contributed by atoms with Crippen LogP contribution < -0.4 is 4.90 Å². The first-order valence-electron chi connectivity index (χ1n) is 5.97. The van der Waals surface area contributed by atoms with E-state index < -0.39 is 10.9 Å². The Morgan fingerprint density at radius 3 is 2.86 bits per heavy atom. The van der Waals surface area contributed by atoms with E-state index in [4.69, 9.17) is 11.5 Å². The summed E-state index contributed by atoms with van der Waals surface area (Å²) in [7, 11) is 0. The number of carboxylic acids is 1. The van der Waals surface area contributed by atoms with E-state index in [9.17, 15) is 14.9 Å². The van der Waals surface area contributed by atoms with E-state index in [0.717, 1.165) is 0 Å².